The molecule has 0 atom stereocenters. The highest BCUT2D eigenvalue weighted by atomic mass is 35.5. The Morgan fingerprint density at radius 3 is 1.45 bits per heavy atom. The molecule has 0 aliphatic rings. The summed E-state index contributed by atoms with van der Waals surface area (Å²) in [6.07, 6.45) is 0. The van der Waals surface area contributed by atoms with Crippen molar-refractivity contribution in [3.05, 3.63) is 0 Å². The van der Waals surface area contributed by atoms with E-state index in [1.807, 2.05) is 0 Å². The van der Waals surface area contributed by atoms with Gasteiger partial charge in [0.25, 0.3) is 5.91 Å². The van der Waals surface area contributed by atoms with Crippen LogP contribution in [-0.2, 0) is 4.79 Å². The number of halogens is 11. The summed E-state index contributed by atoms with van der Waals surface area (Å²) in [4.78, 5) is 10.8. The molecule has 0 bridgehead atoms. The number of carbonyl (C=O) groups is 1. The minimum absolute atomic E-state index is 0.964. The number of hydrogen-bond acceptors (Lipinski definition) is 1. The first kappa shape index (κ1) is 21.1. The second-order valence-electron chi connectivity index (χ2n) is 4.42. The van der Waals surface area contributed by atoms with Crippen LogP contribution in [0.25, 0.3) is 0 Å². The van der Waals surface area contributed by atoms with Crippen LogP contribution >= 0.6 is 11.6 Å². The predicted molar refractivity (Wildman–Crippen MR) is 53.9 cm³/mol. The van der Waals surface area contributed by atoms with Gasteiger partial charge in [-0.2, -0.15) is 43.9 Å². The Bertz CT molecular complexity index is 431. The molecule has 0 fully saturated rings. The number of alkyl halides is 11. The maximum atomic E-state index is 13.1. The summed E-state index contributed by atoms with van der Waals surface area (Å²) in [5.74, 6) is -31.0. The molecule has 2 nitrogen and oxygen atoms in total. The van der Waals surface area contributed by atoms with Crippen molar-refractivity contribution in [2.75, 3.05) is 0 Å². The molecule has 0 spiro atoms. The van der Waals surface area contributed by atoms with Crippen LogP contribution in [0.15, 0.2) is 0 Å². The molecule has 13 heteroatoms. The molecule has 0 unspecified atom stereocenters. The number of rotatable bonds is 6. The molecule has 0 radical (unpaired) electrons. The number of amides is 1. The van der Waals surface area contributed by atoms with Crippen molar-refractivity contribution in [1.82, 2.24) is 5.32 Å². The maximum absolute atomic E-state index is 13.1. The zero-order valence-electron chi connectivity index (χ0n) is 10.6. The van der Waals surface area contributed by atoms with E-state index in [2.05, 4.69) is 11.6 Å². The lowest BCUT2D eigenvalue weighted by Crippen LogP contribution is -2.69. The lowest BCUT2D eigenvalue weighted by Gasteiger charge is -2.37. The molecule has 132 valence electrons. The van der Waals surface area contributed by atoms with Crippen LogP contribution in [0.5, 0.6) is 0 Å². The number of nitrogens with one attached hydrogen (secondary N) is 1. The first-order chi connectivity index (χ1) is 9.34. The van der Waals surface area contributed by atoms with Crippen LogP contribution in [0.3, 0.4) is 0 Å². The number of hydrogen-bond donors (Lipinski definition) is 1. The first-order valence-electron chi connectivity index (χ1n) is 5.23. The minimum atomic E-state index is -7.33. The summed E-state index contributed by atoms with van der Waals surface area (Å²) in [6.45, 7) is 1.93. The van der Waals surface area contributed by atoms with Crippen molar-refractivity contribution in [3.8, 4) is 0 Å². The second-order valence-corrected chi connectivity index (χ2v) is 4.90. The number of carbonyl (C=O) groups excluding carboxylic acids is 1. The highest BCUT2D eigenvalue weighted by molar-refractivity contribution is 6.22. The van der Waals surface area contributed by atoms with E-state index in [9.17, 15) is 48.7 Å². The van der Waals surface area contributed by atoms with E-state index in [0.29, 0.717) is 0 Å². The molecule has 0 saturated heterocycles. The summed E-state index contributed by atoms with van der Waals surface area (Å²) >= 11 is 3.59. The Morgan fingerprint density at radius 2 is 1.18 bits per heavy atom. The molecule has 0 aliphatic carbocycles. The zero-order chi connectivity index (χ0) is 18.4. The Balaban J connectivity index is 5.94. The van der Waals surface area contributed by atoms with Crippen molar-refractivity contribution in [2.45, 2.75) is 49.0 Å². The Labute approximate surface area is 121 Å². The lowest BCUT2D eigenvalue weighted by molar-refractivity contribution is -0.382. The summed E-state index contributed by atoms with van der Waals surface area (Å²) in [7, 11) is 0. The van der Waals surface area contributed by atoms with E-state index in [1.165, 1.54) is 0 Å². The fourth-order valence-electron chi connectivity index (χ4n) is 1.07. The molecule has 0 saturated carbocycles. The molecule has 0 aromatic carbocycles. The molecule has 0 aromatic rings. The monoisotopic (exact) mass is 371 g/mol. The highest BCUT2D eigenvalue weighted by Crippen LogP contribution is 2.57. The Morgan fingerprint density at radius 1 is 0.818 bits per heavy atom. The summed E-state index contributed by atoms with van der Waals surface area (Å²) < 4.78 is 128. The average molecular weight is 372 g/mol. The second kappa shape index (κ2) is 5.60. The van der Waals surface area contributed by atoms with Crippen LogP contribution in [0.2, 0.25) is 0 Å². The molecule has 1 N–H and O–H groups in total. The predicted octanol–water partition coefficient (Wildman–Crippen LogP) is 3.88. The van der Waals surface area contributed by atoms with Gasteiger partial charge in [0.1, 0.15) is 0 Å². The van der Waals surface area contributed by atoms with Crippen molar-refractivity contribution in [2.24, 2.45) is 0 Å². The molecule has 1 amide bonds. The zero-order valence-corrected chi connectivity index (χ0v) is 11.4. The van der Waals surface area contributed by atoms with Crippen molar-refractivity contribution in [1.29, 1.82) is 0 Å². The van der Waals surface area contributed by atoms with Crippen molar-refractivity contribution in [3.63, 3.8) is 0 Å². The average Bonchev–Trinajstić information content (AvgIpc) is 2.25. The largest absolute Gasteiger partial charge is 0.393 e. The van der Waals surface area contributed by atoms with E-state index in [-0.39, 0.29) is 0 Å². The Hall–Kier alpha value is -0.940. The maximum Gasteiger partial charge on any atom is 0.393 e. The van der Waals surface area contributed by atoms with Gasteiger partial charge in [-0.1, -0.05) is 0 Å². The van der Waals surface area contributed by atoms with Crippen LogP contribution in [-0.4, -0.2) is 41.0 Å². The molecule has 0 heterocycles. The summed E-state index contributed by atoms with van der Waals surface area (Å²) in [5, 5.41) is -5.19. The Kier molecular flexibility index (Phi) is 5.36. The van der Waals surface area contributed by atoms with E-state index < -0.39 is 41.0 Å². The molecule has 0 aliphatic heterocycles. The van der Waals surface area contributed by atoms with Crippen LogP contribution in [0.4, 0.5) is 43.9 Å². The quantitative estimate of drug-likeness (QED) is 0.557. The van der Waals surface area contributed by atoms with Gasteiger partial charge in [-0.25, -0.2) is 0 Å². The van der Waals surface area contributed by atoms with Gasteiger partial charge in [-0.15, -0.1) is 0 Å². The molecule has 22 heavy (non-hydrogen) atoms. The van der Waals surface area contributed by atoms with Gasteiger partial charge in [0.05, 0.1) is 0 Å². The normalized spacial score (nSPS) is 15.2. The smallest absolute Gasteiger partial charge is 0.348 e. The van der Waals surface area contributed by atoms with E-state index >= 15 is 0 Å². The van der Waals surface area contributed by atoms with Gasteiger partial charge in [0, 0.05) is 6.04 Å². The first-order valence-corrected chi connectivity index (χ1v) is 5.60. The van der Waals surface area contributed by atoms with E-state index in [1.54, 1.807) is 0 Å². The molecule has 0 rings (SSSR count). The van der Waals surface area contributed by atoms with Gasteiger partial charge < -0.3 is 5.32 Å². The molecular formula is C9H8ClF10NO. The van der Waals surface area contributed by atoms with Crippen molar-refractivity contribution >= 4 is 17.5 Å². The minimum Gasteiger partial charge on any atom is -0.348 e. The van der Waals surface area contributed by atoms with Gasteiger partial charge >= 0.3 is 29.1 Å². The van der Waals surface area contributed by atoms with Crippen LogP contribution in [0.1, 0.15) is 13.8 Å². The van der Waals surface area contributed by atoms with E-state index in [4.69, 9.17) is 0 Å². The third-order valence-corrected chi connectivity index (χ3v) is 2.48. The van der Waals surface area contributed by atoms with Gasteiger partial charge in [0.15, 0.2) is 0 Å². The third-order valence-electron chi connectivity index (χ3n) is 2.24. The summed E-state index contributed by atoms with van der Waals surface area (Å²) in [5.41, 5.74) is 0. The van der Waals surface area contributed by atoms with Crippen LogP contribution in [0, 0.1) is 0 Å². The standard InChI is InChI=1S/C9H8ClF10NO/c1-3(2)21-4(22)5(11,12)6(13,14)7(15,16)8(17,18)9(10,19)20/h3H,1-2H3,(H,21,22). The fraction of sp³-hybridized carbons (Fsp3) is 0.889. The fourth-order valence-corrected chi connectivity index (χ4v) is 1.19. The topological polar surface area (TPSA) is 29.1 Å². The summed E-state index contributed by atoms with van der Waals surface area (Å²) in [6, 6.07) is -1.25. The third kappa shape index (κ3) is 3.06. The molecular weight excluding hydrogens is 364 g/mol. The van der Waals surface area contributed by atoms with Gasteiger partial charge in [-0.05, 0) is 25.4 Å². The van der Waals surface area contributed by atoms with Gasteiger partial charge in [-0.3, -0.25) is 4.79 Å². The lowest BCUT2D eigenvalue weighted by atomic mass is 9.98. The van der Waals surface area contributed by atoms with Gasteiger partial charge in [0.2, 0.25) is 0 Å². The SMILES string of the molecule is CC(C)NC(=O)C(F)(F)C(F)(F)C(F)(F)C(F)(F)C(F)(F)Cl. The highest BCUT2D eigenvalue weighted by Gasteiger charge is 2.87. The van der Waals surface area contributed by atoms with Crippen LogP contribution < -0.4 is 5.32 Å². The molecule has 0 aromatic heterocycles. The van der Waals surface area contributed by atoms with Crippen molar-refractivity contribution < 1.29 is 48.7 Å². The van der Waals surface area contributed by atoms with E-state index in [0.717, 1.165) is 19.2 Å².